The fourth-order valence-electron chi connectivity index (χ4n) is 1.15. The highest BCUT2D eigenvalue weighted by atomic mass is 79.9. The molecule has 0 aliphatic rings. The number of aliphatic hydroxyl groups excluding tert-OH is 1. The van der Waals surface area contributed by atoms with Crippen LogP contribution in [0, 0.1) is 0 Å². The molecule has 1 atom stereocenters. The average Bonchev–Trinajstić information content (AvgIpc) is 2.27. The molecule has 2 nitrogen and oxygen atoms in total. The topological polar surface area (TPSA) is 29.5 Å². The van der Waals surface area contributed by atoms with Crippen LogP contribution in [-0.4, -0.2) is 23.1 Å². The average molecular weight is 294 g/mol. The smallest absolute Gasteiger partial charge is 0.119 e. The molecule has 0 amide bonds. The summed E-state index contributed by atoms with van der Waals surface area (Å²) in [6.07, 6.45) is 0.391. The van der Waals surface area contributed by atoms with Crippen molar-refractivity contribution in [2.75, 3.05) is 11.9 Å². The summed E-state index contributed by atoms with van der Waals surface area (Å²) < 4.78 is 5.42. The molecule has 0 aromatic heterocycles. The largest absolute Gasteiger partial charge is 0.491 e. The second kappa shape index (κ2) is 6.36. The molecule has 84 valence electrons. The second-order valence-electron chi connectivity index (χ2n) is 3.23. The molecule has 4 heteroatoms. The van der Waals surface area contributed by atoms with E-state index in [1.54, 1.807) is 0 Å². The summed E-state index contributed by atoms with van der Waals surface area (Å²) in [5.41, 5.74) is 1.06. The minimum absolute atomic E-state index is 0.288. The van der Waals surface area contributed by atoms with Gasteiger partial charge in [-0.3, -0.25) is 0 Å². The molecule has 0 spiro atoms. The zero-order chi connectivity index (χ0) is 11.3. The Balaban J connectivity index is 2.62. The third kappa shape index (κ3) is 4.01. The normalized spacial score (nSPS) is 12.5. The molecule has 0 saturated carbocycles. The standard InChI is InChI=1S/C11H14BrClO2/c1-2-8-5-10(3-4-11(8)13)15-7-9(14)6-12/h3-5,9,14H,2,6-7H2,1H3. The van der Waals surface area contributed by atoms with Crippen molar-refractivity contribution in [3.8, 4) is 5.75 Å². The minimum atomic E-state index is -0.481. The Morgan fingerprint density at radius 1 is 1.53 bits per heavy atom. The Hall–Kier alpha value is -0.250. The molecule has 1 unspecified atom stereocenters. The monoisotopic (exact) mass is 292 g/mol. The van der Waals surface area contributed by atoms with Crippen molar-refractivity contribution < 1.29 is 9.84 Å². The van der Waals surface area contributed by atoms with E-state index in [1.165, 1.54) is 0 Å². The van der Waals surface area contributed by atoms with Gasteiger partial charge in [0.2, 0.25) is 0 Å². The zero-order valence-electron chi connectivity index (χ0n) is 8.54. The van der Waals surface area contributed by atoms with Gasteiger partial charge in [-0.05, 0) is 30.2 Å². The lowest BCUT2D eigenvalue weighted by molar-refractivity contribution is 0.127. The number of aryl methyl sites for hydroxylation is 1. The van der Waals surface area contributed by atoms with Gasteiger partial charge in [-0.1, -0.05) is 34.5 Å². The molecule has 0 fully saturated rings. The van der Waals surface area contributed by atoms with E-state index in [0.717, 1.165) is 22.8 Å². The molecule has 1 rings (SSSR count). The van der Waals surface area contributed by atoms with Crippen LogP contribution in [0.5, 0.6) is 5.75 Å². The Labute approximate surface area is 103 Å². The fourth-order valence-corrected chi connectivity index (χ4v) is 1.59. The molecular formula is C11H14BrClO2. The summed E-state index contributed by atoms with van der Waals surface area (Å²) in [5.74, 6) is 0.747. The maximum absolute atomic E-state index is 9.30. The minimum Gasteiger partial charge on any atom is -0.491 e. The lowest BCUT2D eigenvalue weighted by Gasteiger charge is -2.11. The van der Waals surface area contributed by atoms with E-state index in [4.69, 9.17) is 16.3 Å². The lowest BCUT2D eigenvalue weighted by atomic mass is 10.1. The third-order valence-electron chi connectivity index (χ3n) is 2.02. The highest BCUT2D eigenvalue weighted by Gasteiger charge is 2.04. The van der Waals surface area contributed by atoms with E-state index < -0.39 is 6.10 Å². The number of aliphatic hydroxyl groups is 1. The summed E-state index contributed by atoms with van der Waals surface area (Å²) in [6.45, 7) is 2.33. The predicted octanol–water partition coefficient (Wildman–Crippen LogP) is 3.04. The molecule has 0 radical (unpaired) electrons. The number of hydrogen-bond acceptors (Lipinski definition) is 2. The Morgan fingerprint density at radius 3 is 2.87 bits per heavy atom. The van der Waals surface area contributed by atoms with E-state index in [-0.39, 0.29) is 6.61 Å². The molecule has 0 saturated heterocycles. The van der Waals surface area contributed by atoms with Crippen molar-refractivity contribution in [3.05, 3.63) is 28.8 Å². The maximum atomic E-state index is 9.30. The summed E-state index contributed by atoms with van der Waals surface area (Å²) >= 11 is 9.15. The van der Waals surface area contributed by atoms with Crippen molar-refractivity contribution in [2.24, 2.45) is 0 Å². The lowest BCUT2D eigenvalue weighted by Crippen LogP contribution is -2.18. The van der Waals surface area contributed by atoms with Crippen LogP contribution in [0.25, 0.3) is 0 Å². The predicted molar refractivity (Wildman–Crippen MR) is 66.1 cm³/mol. The molecule has 0 aliphatic carbocycles. The van der Waals surface area contributed by atoms with E-state index in [0.29, 0.717) is 5.33 Å². The van der Waals surface area contributed by atoms with E-state index in [9.17, 15) is 5.11 Å². The molecular weight excluding hydrogens is 279 g/mol. The zero-order valence-corrected chi connectivity index (χ0v) is 10.9. The number of alkyl halides is 1. The summed E-state index contributed by atoms with van der Waals surface area (Å²) in [7, 11) is 0. The van der Waals surface area contributed by atoms with Crippen LogP contribution in [0.1, 0.15) is 12.5 Å². The quantitative estimate of drug-likeness (QED) is 0.846. The van der Waals surface area contributed by atoms with Gasteiger partial charge in [-0.25, -0.2) is 0 Å². The summed E-state index contributed by atoms with van der Waals surface area (Å²) in [4.78, 5) is 0. The van der Waals surface area contributed by atoms with Crippen LogP contribution in [0.4, 0.5) is 0 Å². The number of halogens is 2. The highest BCUT2D eigenvalue weighted by molar-refractivity contribution is 9.09. The van der Waals surface area contributed by atoms with Crippen molar-refractivity contribution >= 4 is 27.5 Å². The van der Waals surface area contributed by atoms with Gasteiger partial charge in [0, 0.05) is 10.4 Å². The first-order chi connectivity index (χ1) is 7.17. The van der Waals surface area contributed by atoms with Crippen LogP contribution in [0.15, 0.2) is 18.2 Å². The molecule has 0 aliphatic heterocycles. The van der Waals surface area contributed by atoms with E-state index in [2.05, 4.69) is 15.9 Å². The Kier molecular flexibility index (Phi) is 5.43. The van der Waals surface area contributed by atoms with Gasteiger partial charge in [0.15, 0.2) is 0 Å². The first-order valence-corrected chi connectivity index (χ1v) is 6.32. The number of hydrogen-bond donors (Lipinski definition) is 1. The van der Waals surface area contributed by atoms with Crippen LogP contribution < -0.4 is 4.74 Å². The molecule has 15 heavy (non-hydrogen) atoms. The molecule has 1 N–H and O–H groups in total. The van der Waals surface area contributed by atoms with Crippen molar-refractivity contribution in [1.29, 1.82) is 0 Å². The fraction of sp³-hybridized carbons (Fsp3) is 0.455. The van der Waals surface area contributed by atoms with Gasteiger partial charge in [0.05, 0.1) is 6.10 Å². The van der Waals surface area contributed by atoms with Gasteiger partial charge in [0.25, 0.3) is 0 Å². The number of benzene rings is 1. The first-order valence-electron chi connectivity index (χ1n) is 4.82. The molecule has 1 aromatic carbocycles. The van der Waals surface area contributed by atoms with Gasteiger partial charge in [-0.2, -0.15) is 0 Å². The molecule has 0 bridgehead atoms. The maximum Gasteiger partial charge on any atom is 0.119 e. The molecule has 1 aromatic rings. The summed E-state index contributed by atoms with van der Waals surface area (Å²) in [5, 5.41) is 10.6. The van der Waals surface area contributed by atoms with Crippen molar-refractivity contribution in [3.63, 3.8) is 0 Å². The third-order valence-corrected chi connectivity index (χ3v) is 3.13. The molecule has 0 heterocycles. The van der Waals surface area contributed by atoms with Crippen LogP contribution >= 0.6 is 27.5 Å². The first kappa shape index (κ1) is 12.8. The van der Waals surface area contributed by atoms with Crippen molar-refractivity contribution in [2.45, 2.75) is 19.4 Å². The Morgan fingerprint density at radius 2 is 2.27 bits per heavy atom. The number of ether oxygens (including phenoxy) is 1. The van der Waals surface area contributed by atoms with Crippen LogP contribution in [0.2, 0.25) is 5.02 Å². The van der Waals surface area contributed by atoms with Crippen LogP contribution in [0.3, 0.4) is 0 Å². The van der Waals surface area contributed by atoms with Crippen molar-refractivity contribution in [1.82, 2.24) is 0 Å². The summed E-state index contributed by atoms with van der Waals surface area (Å²) in [6, 6.07) is 5.53. The second-order valence-corrected chi connectivity index (χ2v) is 4.28. The highest BCUT2D eigenvalue weighted by Crippen LogP contribution is 2.22. The van der Waals surface area contributed by atoms with Gasteiger partial charge in [0.1, 0.15) is 12.4 Å². The van der Waals surface area contributed by atoms with Crippen LogP contribution in [-0.2, 0) is 6.42 Å². The van der Waals surface area contributed by atoms with E-state index >= 15 is 0 Å². The Bertz CT molecular complexity index is 317. The van der Waals surface area contributed by atoms with Gasteiger partial charge >= 0.3 is 0 Å². The van der Waals surface area contributed by atoms with Gasteiger partial charge in [-0.15, -0.1) is 0 Å². The van der Waals surface area contributed by atoms with E-state index in [1.807, 2.05) is 25.1 Å². The number of rotatable bonds is 5. The SMILES string of the molecule is CCc1cc(OCC(O)CBr)ccc1Cl. The van der Waals surface area contributed by atoms with Gasteiger partial charge < -0.3 is 9.84 Å².